The summed E-state index contributed by atoms with van der Waals surface area (Å²) < 4.78 is 4.96. The van der Waals surface area contributed by atoms with Crippen molar-refractivity contribution in [2.45, 2.75) is 30.6 Å². The highest BCUT2D eigenvalue weighted by Crippen LogP contribution is 2.29. The van der Waals surface area contributed by atoms with Crippen molar-refractivity contribution in [3.8, 4) is 0 Å². The van der Waals surface area contributed by atoms with Gasteiger partial charge in [0.2, 0.25) is 0 Å². The number of hydrogen-bond donors (Lipinski definition) is 3. The molecule has 1 aliphatic rings. The minimum absolute atomic E-state index is 0.114. The molecular weight excluding hydrogens is 308 g/mol. The highest BCUT2D eigenvalue weighted by atomic mass is 32.2. The summed E-state index contributed by atoms with van der Waals surface area (Å²) in [7, 11) is 1.64. The Bertz CT molecular complexity index is 481. The van der Waals surface area contributed by atoms with E-state index in [4.69, 9.17) is 10.5 Å². The quantitative estimate of drug-likeness (QED) is 0.661. The van der Waals surface area contributed by atoms with E-state index >= 15 is 0 Å². The Hall–Kier alpha value is -0.990. The number of thioether (sulfide) groups is 1. The molecule has 0 saturated heterocycles. The van der Waals surface area contributed by atoms with Gasteiger partial charge in [0.15, 0.2) is 5.13 Å². The summed E-state index contributed by atoms with van der Waals surface area (Å²) in [4.78, 5) is 16.9. The largest absolute Gasteiger partial charge is 0.383 e. The van der Waals surface area contributed by atoms with Crippen LogP contribution in [0.4, 0.5) is 10.9 Å². The molecule has 1 heterocycles. The summed E-state index contributed by atoms with van der Waals surface area (Å²) in [5, 5.41) is 7.47. The number of nitrogens with zero attached hydrogens (tertiary/aromatic N) is 1. The average Bonchev–Trinajstić information content (AvgIpc) is 3.05. The SMILES string of the molecule is COCCNc1nc(N)c(C(=O)NC2CCC(SC)C2)s1. The maximum Gasteiger partial charge on any atom is 0.265 e. The normalized spacial score (nSPS) is 21.4. The first kappa shape index (κ1) is 16.4. The zero-order valence-corrected chi connectivity index (χ0v) is 14.0. The van der Waals surface area contributed by atoms with Gasteiger partial charge >= 0.3 is 0 Å². The van der Waals surface area contributed by atoms with Crippen molar-refractivity contribution < 1.29 is 9.53 Å². The van der Waals surface area contributed by atoms with E-state index in [0.29, 0.717) is 28.4 Å². The number of hydrogen-bond acceptors (Lipinski definition) is 7. The molecule has 1 fully saturated rings. The van der Waals surface area contributed by atoms with Crippen LogP contribution in [0, 0.1) is 0 Å². The third-order valence-corrected chi connectivity index (χ3v) is 5.62. The molecule has 6 nitrogen and oxygen atoms in total. The van der Waals surface area contributed by atoms with E-state index in [-0.39, 0.29) is 17.8 Å². The molecule has 4 N–H and O–H groups in total. The van der Waals surface area contributed by atoms with Crippen molar-refractivity contribution in [2.24, 2.45) is 0 Å². The van der Waals surface area contributed by atoms with E-state index in [9.17, 15) is 4.79 Å². The number of rotatable bonds is 7. The molecule has 1 aromatic heterocycles. The van der Waals surface area contributed by atoms with Gasteiger partial charge < -0.3 is 21.1 Å². The summed E-state index contributed by atoms with van der Waals surface area (Å²) in [6.45, 7) is 1.22. The Balaban J connectivity index is 1.90. The van der Waals surface area contributed by atoms with E-state index < -0.39 is 0 Å². The predicted molar refractivity (Wildman–Crippen MR) is 89.3 cm³/mol. The van der Waals surface area contributed by atoms with Gasteiger partial charge in [-0.05, 0) is 25.5 Å². The molecule has 8 heteroatoms. The topological polar surface area (TPSA) is 89.3 Å². The second-order valence-electron chi connectivity index (χ2n) is 4.99. The van der Waals surface area contributed by atoms with Crippen LogP contribution in [0.15, 0.2) is 0 Å². The minimum atomic E-state index is -0.114. The molecule has 0 radical (unpaired) electrons. The molecule has 1 aromatic rings. The zero-order chi connectivity index (χ0) is 15.2. The monoisotopic (exact) mass is 330 g/mol. The van der Waals surface area contributed by atoms with Crippen LogP contribution >= 0.6 is 23.1 Å². The molecule has 1 aliphatic carbocycles. The molecule has 0 aromatic carbocycles. The number of aromatic nitrogens is 1. The lowest BCUT2D eigenvalue weighted by molar-refractivity contribution is 0.0943. The van der Waals surface area contributed by atoms with E-state index in [0.717, 1.165) is 19.3 Å². The van der Waals surface area contributed by atoms with Gasteiger partial charge in [0.05, 0.1) is 6.61 Å². The summed E-state index contributed by atoms with van der Waals surface area (Å²) in [6, 6.07) is 0.251. The van der Waals surface area contributed by atoms with Crippen LogP contribution in [0.5, 0.6) is 0 Å². The van der Waals surface area contributed by atoms with Crippen LogP contribution < -0.4 is 16.4 Å². The Kier molecular flexibility index (Phi) is 6.13. The fourth-order valence-electron chi connectivity index (χ4n) is 2.37. The number of nitrogens with one attached hydrogen (secondary N) is 2. The molecule has 2 unspecified atom stereocenters. The van der Waals surface area contributed by atoms with Gasteiger partial charge in [-0.25, -0.2) is 4.98 Å². The van der Waals surface area contributed by atoms with Crippen LogP contribution in [-0.2, 0) is 4.74 Å². The van der Waals surface area contributed by atoms with Gasteiger partial charge in [-0.3, -0.25) is 4.79 Å². The third kappa shape index (κ3) is 4.49. The Morgan fingerprint density at radius 1 is 1.57 bits per heavy atom. The summed E-state index contributed by atoms with van der Waals surface area (Å²) in [5.41, 5.74) is 5.84. The molecule has 2 atom stereocenters. The fraction of sp³-hybridized carbons (Fsp3) is 0.692. The molecule has 118 valence electrons. The molecule has 21 heavy (non-hydrogen) atoms. The molecule has 0 spiro atoms. The lowest BCUT2D eigenvalue weighted by atomic mass is 10.2. The number of ether oxygens (including phenoxy) is 1. The van der Waals surface area contributed by atoms with Gasteiger partial charge in [-0.2, -0.15) is 11.8 Å². The summed E-state index contributed by atoms with van der Waals surface area (Å²) in [6.07, 6.45) is 5.35. The standard InChI is InChI=1S/C13H22N4O2S2/c1-19-6-5-15-13-17-11(14)10(21-13)12(18)16-8-3-4-9(7-8)20-2/h8-9H,3-7,14H2,1-2H3,(H,15,17)(H,16,18). The van der Waals surface area contributed by atoms with Crippen LogP contribution in [0.3, 0.4) is 0 Å². The van der Waals surface area contributed by atoms with Crippen LogP contribution in [-0.4, -0.2) is 48.7 Å². The lowest BCUT2D eigenvalue weighted by Crippen LogP contribution is -2.33. The first-order valence-corrected chi connectivity index (χ1v) is 9.07. The van der Waals surface area contributed by atoms with Crippen LogP contribution in [0.1, 0.15) is 28.9 Å². The van der Waals surface area contributed by atoms with Crippen molar-refractivity contribution in [1.82, 2.24) is 10.3 Å². The zero-order valence-electron chi connectivity index (χ0n) is 12.3. The van der Waals surface area contributed by atoms with Crippen molar-refractivity contribution in [3.63, 3.8) is 0 Å². The fourth-order valence-corrected chi connectivity index (χ4v) is 3.98. The number of anilines is 2. The van der Waals surface area contributed by atoms with Gasteiger partial charge in [0.1, 0.15) is 10.7 Å². The van der Waals surface area contributed by atoms with Gasteiger partial charge in [-0.1, -0.05) is 11.3 Å². The minimum Gasteiger partial charge on any atom is -0.383 e. The van der Waals surface area contributed by atoms with Gasteiger partial charge in [0.25, 0.3) is 5.91 Å². The number of nitrogen functional groups attached to an aromatic ring is 1. The Morgan fingerprint density at radius 3 is 3.05 bits per heavy atom. The lowest BCUT2D eigenvalue weighted by Gasteiger charge is -2.11. The first-order valence-electron chi connectivity index (χ1n) is 6.96. The molecule has 1 saturated carbocycles. The number of carbonyl (C=O) groups excluding carboxylic acids is 1. The summed E-state index contributed by atoms with van der Waals surface area (Å²) in [5.74, 6) is 0.174. The van der Waals surface area contributed by atoms with E-state index in [1.165, 1.54) is 11.3 Å². The smallest absolute Gasteiger partial charge is 0.265 e. The highest BCUT2D eigenvalue weighted by Gasteiger charge is 2.27. The van der Waals surface area contributed by atoms with Gasteiger partial charge in [-0.15, -0.1) is 0 Å². The maximum absolute atomic E-state index is 12.3. The molecule has 1 amide bonds. The third-order valence-electron chi connectivity index (χ3n) is 3.50. The Labute approximate surface area is 133 Å². The van der Waals surface area contributed by atoms with Crippen molar-refractivity contribution in [2.75, 3.05) is 37.6 Å². The van der Waals surface area contributed by atoms with Crippen LogP contribution in [0.25, 0.3) is 0 Å². The number of carbonyl (C=O) groups is 1. The van der Waals surface area contributed by atoms with E-state index in [2.05, 4.69) is 21.9 Å². The highest BCUT2D eigenvalue weighted by molar-refractivity contribution is 7.99. The van der Waals surface area contributed by atoms with E-state index in [1.54, 1.807) is 7.11 Å². The van der Waals surface area contributed by atoms with Crippen molar-refractivity contribution >= 4 is 40.0 Å². The maximum atomic E-state index is 12.3. The average molecular weight is 330 g/mol. The van der Waals surface area contributed by atoms with Crippen molar-refractivity contribution in [3.05, 3.63) is 4.88 Å². The van der Waals surface area contributed by atoms with E-state index in [1.807, 2.05) is 11.8 Å². The van der Waals surface area contributed by atoms with Gasteiger partial charge in [0, 0.05) is 24.9 Å². The molecule has 2 rings (SSSR count). The second kappa shape index (κ2) is 7.86. The number of amides is 1. The number of methoxy groups -OCH3 is 1. The first-order chi connectivity index (χ1) is 10.1. The Morgan fingerprint density at radius 2 is 2.38 bits per heavy atom. The van der Waals surface area contributed by atoms with Crippen molar-refractivity contribution in [1.29, 1.82) is 0 Å². The predicted octanol–water partition coefficient (Wildman–Crippen LogP) is 1.80. The summed E-state index contributed by atoms with van der Waals surface area (Å²) >= 11 is 3.16. The second-order valence-corrected chi connectivity index (χ2v) is 7.13. The molecule has 0 aliphatic heterocycles. The van der Waals surface area contributed by atoms with Crippen LogP contribution in [0.2, 0.25) is 0 Å². The number of nitrogens with two attached hydrogens (primary N) is 1. The molecule has 0 bridgehead atoms. The number of thiazole rings is 1. The molecular formula is C13H22N4O2S2.